The zero-order valence-electron chi connectivity index (χ0n) is 26.8. The molecule has 0 radical (unpaired) electrons. The van der Waals surface area contributed by atoms with Gasteiger partial charge < -0.3 is 9.80 Å². The lowest BCUT2D eigenvalue weighted by atomic mass is 10.0. The van der Waals surface area contributed by atoms with Gasteiger partial charge >= 0.3 is 0 Å². The fraction of sp³-hybridized carbons (Fsp3) is 0.0435. The number of hydrogen-bond acceptors (Lipinski definition) is 2. The highest BCUT2D eigenvalue weighted by molar-refractivity contribution is 5.97. The molecule has 0 aliphatic rings. The first-order valence-electron chi connectivity index (χ1n) is 16.6. The number of anilines is 4. The van der Waals surface area contributed by atoms with Gasteiger partial charge in [0.15, 0.2) is 0 Å². The monoisotopic (exact) mass is 616 g/mol. The zero-order valence-corrected chi connectivity index (χ0v) is 26.8. The molecule has 8 aromatic carbocycles. The average Bonchev–Trinajstić information content (AvgIpc) is 3.17. The number of rotatable bonds is 9. The van der Waals surface area contributed by atoms with Crippen LogP contribution in [0.2, 0.25) is 0 Å². The molecule has 0 aliphatic carbocycles. The third-order valence-electron chi connectivity index (χ3n) is 9.17. The standard InChI is InChI=1S/C46H36N2/c1-3-13-35(14-4-1)33-47(45-23-11-19-39-17-7-9-21-43(39)45)41-29-25-37(26-30-41)38-27-31-42(32-28-38)48(34-36-15-5-2-6-16-36)46-24-12-20-40-18-8-10-22-44(40)46/h1-32H,33-34H2. The maximum Gasteiger partial charge on any atom is 0.0493 e. The average molecular weight is 617 g/mol. The van der Waals surface area contributed by atoms with Gasteiger partial charge in [0.1, 0.15) is 0 Å². The summed E-state index contributed by atoms with van der Waals surface area (Å²) in [4.78, 5) is 4.85. The van der Waals surface area contributed by atoms with Gasteiger partial charge in [0.2, 0.25) is 0 Å². The molecule has 48 heavy (non-hydrogen) atoms. The van der Waals surface area contributed by atoms with E-state index in [1.165, 1.54) is 66.5 Å². The van der Waals surface area contributed by atoms with Crippen LogP contribution in [0.5, 0.6) is 0 Å². The van der Waals surface area contributed by atoms with Crippen LogP contribution in [0.25, 0.3) is 32.7 Å². The van der Waals surface area contributed by atoms with E-state index in [-0.39, 0.29) is 0 Å². The minimum atomic E-state index is 0.786. The van der Waals surface area contributed by atoms with Crippen LogP contribution in [-0.2, 0) is 13.1 Å². The van der Waals surface area contributed by atoms with Crippen LogP contribution in [0.1, 0.15) is 11.1 Å². The summed E-state index contributed by atoms with van der Waals surface area (Å²) in [5.41, 5.74) is 9.70. The van der Waals surface area contributed by atoms with Crippen molar-refractivity contribution in [3.05, 3.63) is 205 Å². The van der Waals surface area contributed by atoms with Crippen molar-refractivity contribution in [1.29, 1.82) is 0 Å². The molecule has 2 nitrogen and oxygen atoms in total. The van der Waals surface area contributed by atoms with Crippen molar-refractivity contribution in [1.82, 2.24) is 0 Å². The van der Waals surface area contributed by atoms with Gasteiger partial charge in [-0.05, 0) is 69.4 Å². The Labute approximate surface area is 282 Å². The molecular weight excluding hydrogens is 581 g/mol. The zero-order chi connectivity index (χ0) is 32.1. The van der Waals surface area contributed by atoms with Crippen LogP contribution in [0.4, 0.5) is 22.7 Å². The van der Waals surface area contributed by atoms with Gasteiger partial charge in [-0.15, -0.1) is 0 Å². The smallest absolute Gasteiger partial charge is 0.0493 e. The second-order valence-electron chi connectivity index (χ2n) is 12.2. The van der Waals surface area contributed by atoms with E-state index in [9.17, 15) is 0 Å². The number of hydrogen-bond donors (Lipinski definition) is 0. The number of benzene rings is 8. The summed E-state index contributed by atoms with van der Waals surface area (Å²) in [5, 5.41) is 4.99. The third kappa shape index (κ3) is 6.04. The van der Waals surface area contributed by atoms with Crippen molar-refractivity contribution in [2.24, 2.45) is 0 Å². The first-order chi connectivity index (χ1) is 23.8. The Balaban J connectivity index is 1.12. The van der Waals surface area contributed by atoms with E-state index in [0.717, 1.165) is 13.1 Å². The molecule has 0 saturated carbocycles. The molecule has 0 unspecified atom stereocenters. The molecule has 0 bridgehead atoms. The second kappa shape index (κ2) is 13.3. The first kappa shape index (κ1) is 29.3. The summed E-state index contributed by atoms with van der Waals surface area (Å²) in [6, 6.07) is 69.9. The first-order valence-corrected chi connectivity index (χ1v) is 16.6. The Hall–Kier alpha value is -6.12. The van der Waals surface area contributed by atoms with E-state index < -0.39 is 0 Å². The largest absolute Gasteiger partial charge is 0.336 e. The normalized spacial score (nSPS) is 11.1. The number of nitrogens with zero attached hydrogens (tertiary/aromatic N) is 2. The van der Waals surface area contributed by atoms with Gasteiger partial charge in [-0.3, -0.25) is 0 Å². The minimum Gasteiger partial charge on any atom is -0.336 e. The van der Waals surface area contributed by atoms with Crippen LogP contribution in [0.3, 0.4) is 0 Å². The summed E-state index contributed by atoms with van der Waals surface area (Å²) < 4.78 is 0. The van der Waals surface area contributed by atoms with Crippen molar-refractivity contribution in [3.8, 4) is 11.1 Å². The summed E-state index contributed by atoms with van der Waals surface area (Å²) >= 11 is 0. The Bertz CT molecular complexity index is 2100. The molecule has 0 aliphatic heterocycles. The topological polar surface area (TPSA) is 6.48 Å². The summed E-state index contributed by atoms with van der Waals surface area (Å²) in [6.45, 7) is 1.57. The quantitative estimate of drug-likeness (QED) is 0.159. The van der Waals surface area contributed by atoms with Crippen LogP contribution in [-0.4, -0.2) is 0 Å². The minimum absolute atomic E-state index is 0.786. The van der Waals surface area contributed by atoms with Gasteiger partial charge in [0, 0.05) is 46.6 Å². The fourth-order valence-corrected chi connectivity index (χ4v) is 6.72. The highest BCUT2D eigenvalue weighted by Crippen LogP contribution is 2.37. The molecule has 0 atom stereocenters. The molecule has 8 aromatic rings. The summed E-state index contributed by atoms with van der Waals surface area (Å²) in [7, 11) is 0. The molecule has 230 valence electrons. The van der Waals surface area contributed by atoms with E-state index in [1.807, 2.05) is 0 Å². The van der Waals surface area contributed by atoms with E-state index >= 15 is 0 Å². The van der Waals surface area contributed by atoms with E-state index in [2.05, 4.69) is 204 Å². The molecule has 0 aromatic heterocycles. The second-order valence-corrected chi connectivity index (χ2v) is 12.2. The maximum atomic E-state index is 2.43. The predicted molar refractivity (Wildman–Crippen MR) is 204 cm³/mol. The lowest BCUT2D eigenvalue weighted by Gasteiger charge is -2.27. The Kier molecular flexibility index (Phi) is 8.13. The number of fused-ring (bicyclic) bond motifs is 2. The SMILES string of the molecule is c1ccc(CN(c2ccc(-c3ccc(N(Cc4ccccc4)c4cccc5ccccc45)cc3)cc2)c2cccc3ccccc23)cc1. The van der Waals surface area contributed by atoms with Crippen molar-refractivity contribution < 1.29 is 0 Å². The molecule has 0 spiro atoms. The van der Waals surface area contributed by atoms with Crippen molar-refractivity contribution in [3.63, 3.8) is 0 Å². The molecule has 2 heteroatoms. The molecule has 0 N–H and O–H groups in total. The highest BCUT2D eigenvalue weighted by Gasteiger charge is 2.16. The van der Waals surface area contributed by atoms with Gasteiger partial charge in [-0.25, -0.2) is 0 Å². The molecule has 0 fully saturated rings. The predicted octanol–water partition coefficient (Wildman–Crippen LogP) is 12.3. The molecular formula is C46H36N2. The lowest BCUT2D eigenvalue weighted by molar-refractivity contribution is 0.980. The Morgan fingerprint density at radius 1 is 0.292 bits per heavy atom. The molecule has 0 amide bonds. The summed E-state index contributed by atoms with van der Waals surface area (Å²) in [6.07, 6.45) is 0. The van der Waals surface area contributed by atoms with Crippen LogP contribution >= 0.6 is 0 Å². The van der Waals surface area contributed by atoms with Crippen molar-refractivity contribution in [2.75, 3.05) is 9.80 Å². The summed E-state index contributed by atoms with van der Waals surface area (Å²) in [5.74, 6) is 0. The van der Waals surface area contributed by atoms with Crippen LogP contribution < -0.4 is 9.80 Å². The van der Waals surface area contributed by atoms with Gasteiger partial charge in [0.05, 0.1) is 0 Å². The lowest BCUT2D eigenvalue weighted by Crippen LogP contribution is -2.17. The van der Waals surface area contributed by atoms with Crippen LogP contribution in [0, 0.1) is 0 Å². The van der Waals surface area contributed by atoms with Crippen molar-refractivity contribution in [2.45, 2.75) is 13.1 Å². The molecule has 0 heterocycles. The van der Waals surface area contributed by atoms with Crippen molar-refractivity contribution >= 4 is 44.3 Å². The van der Waals surface area contributed by atoms with E-state index in [0.29, 0.717) is 0 Å². The van der Waals surface area contributed by atoms with Gasteiger partial charge in [0.25, 0.3) is 0 Å². The molecule has 8 rings (SSSR count). The molecule has 0 saturated heterocycles. The van der Waals surface area contributed by atoms with Crippen LogP contribution in [0.15, 0.2) is 194 Å². The fourth-order valence-electron chi connectivity index (χ4n) is 6.72. The van der Waals surface area contributed by atoms with Gasteiger partial charge in [-0.2, -0.15) is 0 Å². The maximum absolute atomic E-state index is 2.43. The highest BCUT2D eigenvalue weighted by atomic mass is 15.1. The Morgan fingerprint density at radius 2 is 0.646 bits per heavy atom. The Morgan fingerprint density at radius 3 is 1.06 bits per heavy atom. The van der Waals surface area contributed by atoms with E-state index in [4.69, 9.17) is 0 Å². The van der Waals surface area contributed by atoms with E-state index in [1.54, 1.807) is 0 Å². The van der Waals surface area contributed by atoms with Gasteiger partial charge in [-0.1, -0.05) is 158 Å². The third-order valence-corrected chi connectivity index (χ3v) is 9.17.